The van der Waals surface area contributed by atoms with Gasteiger partial charge < -0.3 is 30.7 Å². The Labute approximate surface area is 262 Å². The van der Waals surface area contributed by atoms with E-state index in [1.807, 2.05) is 42.5 Å². The van der Waals surface area contributed by atoms with Crippen molar-refractivity contribution < 1.29 is 33.8 Å². The fourth-order valence-corrected chi connectivity index (χ4v) is 6.25. The molecule has 0 aromatic heterocycles. The summed E-state index contributed by atoms with van der Waals surface area (Å²) in [5.74, 6) is -2.90. The average molecular weight is 619 g/mol. The summed E-state index contributed by atoms with van der Waals surface area (Å²) in [4.78, 5) is 67.6. The minimum atomic E-state index is -1.44. The number of nitrogens with one attached hydrogen (secondary N) is 3. The number of allylic oxidation sites excluding steroid dienone is 1. The van der Waals surface area contributed by atoms with Crippen LogP contribution in [0.4, 0.5) is 4.79 Å². The quantitative estimate of drug-likeness (QED) is 0.379. The highest BCUT2D eigenvalue weighted by Crippen LogP contribution is 2.45. The predicted molar refractivity (Wildman–Crippen MR) is 167 cm³/mol. The minimum absolute atomic E-state index is 0.0200. The Kier molecular flexibility index (Phi) is 9.18. The van der Waals surface area contributed by atoms with Crippen molar-refractivity contribution in [1.29, 1.82) is 0 Å². The Bertz CT molecular complexity index is 1520. The van der Waals surface area contributed by atoms with Crippen LogP contribution in [-0.4, -0.2) is 75.6 Å². The number of nitrogens with zero attached hydrogens (tertiary/aromatic N) is 1. The van der Waals surface area contributed by atoms with Crippen molar-refractivity contribution in [3.8, 4) is 0 Å². The van der Waals surface area contributed by atoms with Gasteiger partial charge in [0.15, 0.2) is 0 Å². The van der Waals surface area contributed by atoms with Crippen LogP contribution in [0.2, 0.25) is 0 Å². The van der Waals surface area contributed by atoms with Crippen LogP contribution in [0.15, 0.2) is 54.6 Å². The number of ether oxygens (including phenoxy) is 1. The third-order valence-electron chi connectivity index (χ3n) is 8.70. The molecular weight excluding hydrogens is 576 g/mol. The molecule has 2 aromatic rings. The molecule has 1 aliphatic carbocycles. The number of amides is 4. The number of hydrogen-bond donors (Lipinski definition) is 4. The van der Waals surface area contributed by atoms with Crippen LogP contribution < -0.4 is 16.0 Å². The summed E-state index contributed by atoms with van der Waals surface area (Å²) >= 11 is 0. The lowest BCUT2D eigenvalue weighted by molar-refractivity contribution is -0.145. The first-order chi connectivity index (χ1) is 21.4. The van der Waals surface area contributed by atoms with Gasteiger partial charge >= 0.3 is 12.1 Å². The molecule has 2 aliphatic heterocycles. The molecule has 11 nitrogen and oxygen atoms in total. The fraction of sp³-hybridized carbons (Fsp3) is 0.500. The maximum Gasteiger partial charge on any atom is 0.408 e. The summed E-state index contributed by atoms with van der Waals surface area (Å²) in [7, 11) is 0. The lowest BCUT2D eigenvalue weighted by Crippen LogP contribution is -2.56. The van der Waals surface area contributed by atoms with Crippen molar-refractivity contribution in [2.24, 2.45) is 5.92 Å². The third-order valence-corrected chi connectivity index (χ3v) is 8.70. The van der Waals surface area contributed by atoms with Crippen LogP contribution >= 0.6 is 0 Å². The van der Waals surface area contributed by atoms with Gasteiger partial charge in [-0.3, -0.25) is 14.4 Å². The maximum atomic E-state index is 14.1. The van der Waals surface area contributed by atoms with E-state index in [0.717, 1.165) is 30.0 Å². The zero-order valence-corrected chi connectivity index (χ0v) is 26.0. The van der Waals surface area contributed by atoms with Crippen molar-refractivity contribution in [2.45, 2.75) is 95.0 Å². The van der Waals surface area contributed by atoms with Crippen LogP contribution in [0.25, 0.3) is 10.8 Å². The molecular formula is C34H42N4O7. The number of benzene rings is 2. The summed E-state index contributed by atoms with van der Waals surface area (Å²) in [5.41, 5.74) is -1.78. The number of carbonyl (C=O) groups excluding carboxylic acids is 4. The Balaban J connectivity index is 1.40. The number of carboxylic acids is 1. The second-order valence-corrected chi connectivity index (χ2v) is 13.3. The molecule has 1 saturated carbocycles. The highest BCUT2D eigenvalue weighted by Gasteiger charge is 2.61. The molecule has 0 unspecified atom stereocenters. The summed E-state index contributed by atoms with van der Waals surface area (Å²) in [6, 6.07) is 10.5. The molecule has 45 heavy (non-hydrogen) atoms. The highest BCUT2D eigenvalue weighted by molar-refractivity contribution is 5.99. The van der Waals surface area contributed by atoms with E-state index in [-0.39, 0.29) is 31.2 Å². The lowest BCUT2D eigenvalue weighted by atomic mass is 10.0. The van der Waals surface area contributed by atoms with Gasteiger partial charge in [0.2, 0.25) is 11.8 Å². The Hall–Kier alpha value is -4.41. The molecule has 5 rings (SSSR count). The minimum Gasteiger partial charge on any atom is -0.479 e. The van der Waals surface area contributed by atoms with Gasteiger partial charge in [-0.2, -0.15) is 0 Å². The number of hydrogen-bond acceptors (Lipinski definition) is 6. The summed E-state index contributed by atoms with van der Waals surface area (Å²) < 4.78 is 5.43. The van der Waals surface area contributed by atoms with Gasteiger partial charge in [0, 0.05) is 24.1 Å². The largest absolute Gasteiger partial charge is 0.479 e. The second-order valence-electron chi connectivity index (χ2n) is 13.3. The van der Waals surface area contributed by atoms with E-state index >= 15 is 0 Å². The lowest BCUT2D eigenvalue weighted by Gasteiger charge is -2.30. The molecule has 5 atom stereocenters. The third kappa shape index (κ3) is 7.46. The van der Waals surface area contributed by atoms with Crippen molar-refractivity contribution in [2.75, 3.05) is 6.54 Å². The smallest absolute Gasteiger partial charge is 0.408 e. The van der Waals surface area contributed by atoms with Crippen molar-refractivity contribution >= 4 is 40.6 Å². The van der Waals surface area contributed by atoms with Crippen LogP contribution in [0, 0.1) is 5.92 Å². The van der Waals surface area contributed by atoms with Crippen LogP contribution in [-0.2, 0) is 19.1 Å². The first kappa shape index (κ1) is 32.0. The monoisotopic (exact) mass is 618 g/mol. The average Bonchev–Trinajstić information content (AvgIpc) is 3.51. The Morgan fingerprint density at radius 2 is 1.78 bits per heavy atom. The standard InChI is InChI=1S/C34H42N4O7/c1-33(2,3)45-32(44)36-26-14-8-6-4-5-7-13-24-19-34(24,31(42)43)37-29(40)27-18-25(20-38(27)30(26)41)35-28(39)23-16-15-21-11-9-10-12-22(21)17-23/h7,9-13,15-17,24-27H,4-6,8,14,18-20H2,1-3H3,(H,35,39)(H,36,44)(H,37,40)(H,42,43)/b13-7-/t24-,25+,26-,27-,34+/m0/s1. The van der Waals surface area contributed by atoms with E-state index in [9.17, 15) is 29.1 Å². The highest BCUT2D eigenvalue weighted by atomic mass is 16.6. The van der Waals surface area contributed by atoms with E-state index < -0.39 is 53.1 Å². The molecule has 2 heterocycles. The molecule has 240 valence electrons. The van der Waals surface area contributed by atoms with Gasteiger partial charge in [0.05, 0.1) is 0 Å². The van der Waals surface area contributed by atoms with Crippen molar-refractivity contribution in [1.82, 2.24) is 20.9 Å². The van der Waals surface area contributed by atoms with E-state index in [4.69, 9.17) is 4.74 Å². The van der Waals surface area contributed by atoms with Crippen molar-refractivity contribution in [3.63, 3.8) is 0 Å². The number of alkyl carbamates (subject to hydrolysis) is 1. The molecule has 0 radical (unpaired) electrons. The van der Waals surface area contributed by atoms with E-state index in [2.05, 4.69) is 16.0 Å². The van der Waals surface area contributed by atoms with Crippen LogP contribution in [0.5, 0.6) is 0 Å². The first-order valence-electron chi connectivity index (χ1n) is 15.7. The molecule has 0 bridgehead atoms. The van der Waals surface area contributed by atoms with E-state index in [1.54, 1.807) is 32.9 Å². The number of carbonyl (C=O) groups is 5. The molecule has 4 N–H and O–H groups in total. The fourth-order valence-electron chi connectivity index (χ4n) is 6.25. The zero-order chi connectivity index (χ0) is 32.4. The molecule has 11 heteroatoms. The van der Waals surface area contributed by atoms with Crippen LogP contribution in [0.3, 0.4) is 0 Å². The molecule has 1 saturated heterocycles. The Morgan fingerprint density at radius 3 is 2.51 bits per heavy atom. The van der Waals surface area contributed by atoms with Gasteiger partial charge in [-0.15, -0.1) is 0 Å². The number of aliphatic carboxylic acids is 1. The second kappa shape index (κ2) is 12.9. The Morgan fingerprint density at radius 1 is 1.02 bits per heavy atom. The number of carboxylic acid groups (broad SMARTS) is 1. The van der Waals surface area contributed by atoms with Gasteiger partial charge in [-0.25, -0.2) is 9.59 Å². The van der Waals surface area contributed by atoms with Gasteiger partial charge in [0.25, 0.3) is 5.91 Å². The predicted octanol–water partition coefficient (Wildman–Crippen LogP) is 3.91. The SMILES string of the molecule is CC(C)(C)OC(=O)N[C@H]1CCCCC/C=C\[C@H]2C[C@@]2(C(=O)O)NC(=O)[C@@H]2C[C@@H](NC(=O)c3ccc4ccccc4c3)CN2C1=O. The maximum absolute atomic E-state index is 14.1. The molecule has 2 fully saturated rings. The first-order valence-corrected chi connectivity index (χ1v) is 15.7. The summed E-state index contributed by atoms with van der Waals surface area (Å²) in [5, 5.41) is 20.4. The number of rotatable bonds is 4. The van der Waals surface area contributed by atoms with E-state index in [0.29, 0.717) is 18.4 Å². The van der Waals surface area contributed by atoms with Crippen molar-refractivity contribution in [3.05, 3.63) is 60.2 Å². The normalized spacial score (nSPS) is 28.0. The topological polar surface area (TPSA) is 154 Å². The van der Waals surface area contributed by atoms with Gasteiger partial charge in [-0.1, -0.05) is 55.3 Å². The molecule has 4 amide bonds. The molecule has 0 spiro atoms. The molecule has 2 aromatic carbocycles. The van der Waals surface area contributed by atoms with Crippen LogP contribution in [0.1, 0.15) is 76.1 Å². The zero-order valence-electron chi connectivity index (χ0n) is 26.0. The van der Waals surface area contributed by atoms with Gasteiger partial charge in [-0.05, 0) is 75.8 Å². The molecule has 3 aliphatic rings. The number of fused-ring (bicyclic) bond motifs is 3. The summed E-state index contributed by atoms with van der Waals surface area (Å²) in [6.45, 7) is 5.20. The summed E-state index contributed by atoms with van der Waals surface area (Å²) in [6.07, 6.45) is 6.76. The van der Waals surface area contributed by atoms with E-state index in [1.165, 1.54) is 4.90 Å². The van der Waals surface area contributed by atoms with Gasteiger partial charge in [0.1, 0.15) is 23.2 Å².